The molecule has 0 aliphatic heterocycles. The molecule has 3 N–H and O–H groups in total. The predicted octanol–water partition coefficient (Wildman–Crippen LogP) is -0.380. The van der Waals surface area contributed by atoms with Gasteiger partial charge < -0.3 is 10.5 Å². The zero-order valence-corrected chi connectivity index (χ0v) is 5.41. The van der Waals surface area contributed by atoms with E-state index in [1.807, 2.05) is 5.43 Å². The largest absolute Gasteiger partial charge is 0.350 e. The van der Waals surface area contributed by atoms with Crippen molar-refractivity contribution in [2.24, 2.45) is 10.8 Å². The molecule has 56 valence electrons. The third-order valence-corrected chi connectivity index (χ3v) is 0.680. The second-order valence-electron chi connectivity index (χ2n) is 1.53. The quantitative estimate of drug-likeness (QED) is 0.243. The van der Waals surface area contributed by atoms with Crippen molar-refractivity contribution in [2.75, 3.05) is 0 Å². The van der Waals surface area contributed by atoms with Crippen molar-refractivity contribution in [3.05, 3.63) is 0 Å². The molecular formula is C5H9N3O2. The van der Waals surface area contributed by atoms with Crippen LogP contribution in [0.1, 0.15) is 12.8 Å². The number of primary amides is 1. The van der Waals surface area contributed by atoms with Gasteiger partial charge in [0.2, 0.25) is 0 Å². The van der Waals surface area contributed by atoms with Crippen LogP contribution in [0.2, 0.25) is 0 Å². The van der Waals surface area contributed by atoms with Gasteiger partial charge in [0.1, 0.15) is 6.29 Å². The van der Waals surface area contributed by atoms with E-state index in [1.54, 1.807) is 0 Å². The third-order valence-electron chi connectivity index (χ3n) is 0.680. The van der Waals surface area contributed by atoms with Crippen molar-refractivity contribution >= 4 is 18.5 Å². The van der Waals surface area contributed by atoms with Crippen LogP contribution in [0.3, 0.4) is 0 Å². The van der Waals surface area contributed by atoms with E-state index >= 15 is 0 Å². The van der Waals surface area contributed by atoms with E-state index in [4.69, 9.17) is 0 Å². The first-order valence-electron chi connectivity index (χ1n) is 2.78. The number of hydrogen-bond donors (Lipinski definition) is 2. The Morgan fingerprint density at radius 1 is 1.60 bits per heavy atom. The van der Waals surface area contributed by atoms with Crippen molar-refractivity contribution in [1.82, 2.24) is 5.43 Å². The number of rotatable bonds is 4. The van der Waals surface area contributed by atoms with E-state index in [0.29, 0.717) is 12.8 Å². The molecule has 2 amide bonds. The van der Waals surface area contributed by atoms with Crippen LogP contribution in [0.4, 0.5) is 4.79 Å². The predicted molar refractivity (Wildman–Crippen MR) is 36.5 cm³/mol. The summed E-state index contributed by atoms with van der Waals surface area (Å²) in [5.74, 6) is 0. The van der Waals surface area contributed by atoms with Crippen LogP contribution in [0.15, 0.2) is 5.10 Å². The normalized spacial score (nSPS) is 9.60. The number of carbonyl (C=O) groups excluding carboxylic acids is 2. The lowest BCUT2D eigenvalue weighted by atomic mass is 10.4. The number of aldehydes is 1. The number of nitrogens with two attached hydrogens (primary N) is 1. The lowest BCUT2D eigenvalue weighted by Crippen LogP contribution is -2.24. The maximum absolute atomic E-state index is 9.96. The van der Waals surface area contributed by atoms with E-state index < -0.39 is 6.03 Å². The third kappa shape index (κ3) is 6.61. The second kappa shape index (κ2) is 5.74. The van der Waals surface area contributed by atoms with Gasteiger partial charge in [0.25, 0.3) is 0 Å². The molecule has 10 heavy (non-hydrogen) atoms. The van der Waals surface area contributed by atoms with Crippen LogP contribution in [0.5, 0.6) is 0 Å². The molecule has 0 radical (unpaired) electrons. The first-order chi connectivity index (χ1) is 4.77. The number of hydrazone groups is 1. The highest BCUT2D eigenvalue weighted by Gasteiger charge is 1.82. The Morgan fingerprint density at radius 2 is 2.30 bits per heavy atom. The molecule has 0 aromatic heterocycles. The van der Waals surface area contributed by atoms with Crippen LogP contribution < -0.4 is 11.2 Å². The fraction of sp³-hybridized carbons (Fsp3) is 0.400. The van der Waals surface area contributed by atoms with Crippen molar-refractivity contribution in [2.45, 2.75) is 12.8 Å². The maximum atomic E-state index is 9.96. The van der Waals surface area contributed by atoms with Crippen molar-refractivity contribution in [3.8, 4) is 0 Å². The number of carbonyl (C=O) groups is 2. The minimum Gasteiger partial charge on any atom is -0.350 e. The molecule has 0 aromatic carbocycles. The average Bonchev–Trinajstić information content (AvgIpc) is 1.87. The molecule has 0 saturated heterocycles. The van der Waals surface area contributed by atoms with Gasteiger partial charge in [-0.2, -0.15) is 5.10 Å². The number of amides is 2. The molecule has 0 saturated carbocycles. The molecular weight excluding hydrogens is 134 g/mol. The maximum Gasteiger partial charge on any atom is 0.332 e. The van der Waals surface area contributed by atoms with E-state index in [-0.39, 0.29) is 0 Å². The summed E-state index contributed by atoms with van der Waals surface area (Å²) < 4.78 is 0. The molecule has 0 aliphatic rings. The molecule has 5 nitrogen and oxygen atoms in total. The lowest BCUT2D eigenvalue weighted by Gasteiger charge is -1.88. The molecule has 0 bridgehead atoms. The van der Waals surface area contributed by atoms with Gasteiger partial charge in [-0.05, 0) is 6.42 Å². The van der Waals surface area contributed by atoms with Gasteiger partial charge in [0.05, 0.1) is 0 Å². The molecule has 0 fully saturated rings. The summed E-state index contributed by atoms with van der Waals surface area (Å²) >= 11 is 0. The standard InChI is InChI=1S/C5H9N3O2/c6-5(10)8-7-3-1-2-4-9/h3-4H,1-2H2,(H3,6,8,10)/b7-3+. The Kier molecular flexibility index (Phi) is 4.94. The van der Waals surface area contributed by atoms with Gasteiger partial charge in [-0.1, -0.05) is 0 Å². The Balaban J connectivity index is 3.20. The topological polar surface area (TPSA) is 84.6 Å². The number of nitrogens with one attached hydrogen (secondary N) is 1. The summed E-state index contributed by atoms with van der Waals surface area (Å²) in [6.07, 6.45) is 3.11. The molecule has 0 heterocycles. The molecule has 5 heteroatoms. The summed E-state index contributed by atoms with van der Waals surface area (Å²) in [6.45, 7) is 0. The highest BCUT2D eigenvalue weighted by Crippen LogP contribution is 1.76. The zero-order chi connectivity index (χ0) is 7.82. The fourth-order valence-electron chi connectivity index (χ4n) is 0.316. The molecule has 0 atom stereocenters. The monoisotopic (exact) mass is 143 g/mol. The van der Waals surface area contributed by atoms with Crippen molar-refractivity contribution in [1.29, 1.82) is 0 Å². The smallest absolute Gasteiger partial charge is 0.332 e. The summed E-state index contributed by atoms with van der Waals surface area (Å²) in [4.78, 5) is 19.7. The van der Waals surface area contributed by atoms with E-state index in [2.05, 4.69) is 10.8 Å². The van der Waals surface area contributed by atoms with Crippen LogP contribution in [0, 0.1) is 0 Å². The van der Waals surface area contributed by atoms with Crippen molar-refractivity contribution < 1.29 is 9.59 Å². The van der Waals surface area contributed by atoms with E-state index in [1.165, 1.54) is 6.21 Å². The molecule has 0 rings (SSSR count). The first-order valence-corrected chi connectivity index (χ1v) is 2.78. The summed E-state index contributed by atoms with van der Waals surface area (Å²) in [5.41, 5.74) is 6.67. The van der Waals surface area contributed by atoms with Gasteiger partial charge in [0.15, 0.2) is 0 Å². The van der Waals surface area contributed by atoms with Crippen LogP contribution in [0.25, 0.3) is 0 Å². The highest BCUT2D eigenvalue weighted by molar-refractivity contribution is 5.73. The van der Waals surface area contributed by atoms with E-state index in [0.717, 1.165) is 6.29 Å². The van der Waals surface area contributed by atoms with E-state index in [9.17, 15) is 9.59 Å². The van der Waals surface area contributed by atoms with Gasteiger partial charge >= 0.3 is 6.03 Å². The highest BCUT2D eigenvalue weighted by atomic mass is 16.2. The number of nitrogens with zero attached hydrogens (tertiary/aromatic N) is 1. The van der Waals surface area contributed by atoms with Gasteiger partial charge in [0, 0.05) is 12.6 Å². The number of unbranched alkanes of at least 4 members (excludes halogenated alkanes) is 1. The van der Waals surface area contributed by atoms with Crippen LogP contribution in [-0.4, -0.2) is 18.5 Å². The Labute approximate surface area is 58.3 Å². The minimum absolute atomic E-state index is 0.407. The molecule has 0 aliphatic carbocycles. The zero-order valence-electron chi connectivity index (χ0n) is 5.41. The molecule has 0 spiro atoms. The van der Waals surface area contributed by atoms with Crippen LogP contribution in [-0.2, 0) is 4.79 Å². The van der Waals surface area contributed by atoms with Gasteiger partial charge in [-0.3, -0.25) is 0 Å². The Hall–Kier alpha value is -1.39. The van der Waals surface area contributed by atoms with Crippen LogP contribution >= 0.6 is 0 Å². The summed E-state index contributed by atoms with van der Waals surface area (Å²) in [5, 5.41) is 3.40. The molecule has 0 unspecified atom stereocenters. The summed E-state index contributed by atoms with van der Waals surface area (Å²) in [6, 6.07) is -0.706. The Morgan fingerprint density at radius 3 is 2.80 bits per heavy atom. The minimum atomic E-state index is -0.706. The average molecular weight is 143 g/mol. The molecule has 0 aromatic rings. The second-order valence-corrected chi connectivity index (χ2v) is 1.53. The fourth-order valence-corrected chi connectivity index (χ4v) is 0.316. The van der Waals surface area contributed by atoms with Gasteiger partial charge in [-0.25, -0.2) is 10.2 Å². The first kappa shape index (κ1) is 8.61. The Bertz CT molecular complexity index is 144. The van der Waals surface area contributed by atoms with Gasteiger partial charge in [-0.15, -0.1) is 0 Å². The van der Waals surface area contributed by atoms with Crippen molar-refractivity contribution in [3.63, 3.8) is 0 Å². The lowest BCUT2D eigenvalue weighted by molar-refractivity contribution is -0.107. The SMILES string of the molecule is NC(=O)N/N=C/CCC=O. The number of urea groups is 1. The summed E-state index contributed by atoms with van der Waals surface area (Å²) in [7, 11) is 0. The number of hydrogen-bond acceptors (Lipinski definition) is 3.